The minimum atomic E-state index is 0.323. The molecule has 0 amide bonds. The van der Waals surface area contributed by atoms with E-state index in [4.69, 9.17) is 14.8 Å². The monoisotopic (exact) mass is 604 g/mol. The van der Waals surface area contributed by atoms with Crippen LogP contribution in [0, 0.1) is 6.92 Å². The van der Waals surface area contributed by atoms with Crippen molar-refractivity contribution in [1.29, 1.82) is 0 Å². The highest BCUT2D eigenvalue weighted by Gasteiger charge is 2.21. The zero-order chi connectivity index (χ0) is 31.8. The average molecular weight is 605 g/mol. The van der Waals surface area contributed by atoms with Gasteiger partial charge in [0, 0.05) is 34.7 Å². The Morgan fingerprint density at radius 3 is 2.30 bits per heavy atom. The van der Waals surface area contributed by atoms with Crippen LogP contribution in [0.5, 0.6) is 11.5 Å². The molecular weight excluding hydrogens is 564 g/mol. The molecule has 0 aliphatic carbocycles. The van der Waals surface area contributed by atoms with Crippen molar-refractivity contribution in [2.24, 2.45) is 0 Å². The molecule has 4 aromatic carbocycles. The topological polar surface area (TPSA) is 44.9 Å². The summed E-state index contributed by atoms with van der Waals surface area (Å²) in [5.41, 5.74) is 10.4. The summed E-state index contributed by atoms with van der Waals surface area (Å²) >= 11 is 0. The van der Waals surface area contributed by atoms with E-state index in [-0.39, 0.29) is 0 Å². The molecule has 0 bridgehead atoms. The molecule has 0 saturated carbocycles. The van der Waals surface area contributed by atoms with Gasteiger partial charge in [-0.1, -0.05) is 82.6 Å². The van der Waals surface area contributed by atoms with Crippen LogP contribution in [0.3, 0.4) is 0 Å². The molecule has 0 saturated heterocycles. The summed E-state index contributed by atoms with van der Waals surface area (Å²) in [7, 11) is 0. The average Bonchev–Trinajstić information content (AvgIpc) is 3.60. The molecule has 5 nitrogen and oxygen atoms in total. The molecule has 0 fully saturated rings. The Balaban J connectivity index is 1.36. The molecular formula is C41H40N4O. The maximum absolute atomic E-state index is 6.72. The zero-order valence-corrected chi connectivity index (χ0v) is 27.3. The minimum Gasteiger partial charge on any atom is -0.457 e. The van der Waals surface area contributed by atoms with Crippen molar-refractivity contribution in [2.45, 2.75) is 59.8 Å². The Labute approximate surface area is 271 Å². The Morgan fingerprint density at radius 1 is 0.761 bits per heavy atom. The molecule has 46 heavy (non-hydrogen) atoms. The molecule has 0 N–H and O–H groups in total. The van der Waals surface area contributed by atoms with Crippen LogP contribution in [-0.4, -0.2) is 19.3 Å². The Morgan fingerprint density at radius 2 is 1.54 bits per heavy atom. The minimum absolute atomic E-state index is 0.323. The van der Waals surface area contributed by atoms with E-state index in [0.29, 0.717) is 5.92 Å². The van der Waals surface area contributed by atoms with Gasteiger partial charge in [-0.3, -0.25) is 4.57 Å². The van der Waals surface area contributed by atoms with Gasteiger partial charge in [0.15, 0.2) is 0 Å². The van der Waals surface area contributed by atoms with Crippen LogP contribution in [-0.2, 0) is 12.8 Å². The molecule has 5 heteroatoms. The van der Waals surface area contributed by atoms with Gasteiger partial charge in [0.25, 0.3) is 0 Å². The number of aromatic nitrogens is 4. The van der Waals surface area contributed by atoms with E-state index >= 15 is 0 Å². The van der Waals surface area contributed by atoms with E-state index in [0.717, 1.165) is 59.0 Å². The molecule has 0 aliphatic heterocycles. The third-order valence-corrected chi connectivity index (χ3v) is 8.77. The number of pyridine rings is 1. The van der Waals surface area contributed by atoms with Crippen LogP contribution in [0.4, 0.5) is 0 Å². The number of ether oxygens (including phenoxy) is 1. The van der Waals surface area contributed by atoms with Crippen LogP contribution in [0.25, 0.3) is 44.4 Å². The lowest BCUT2D eigenvalue weighted by Crippen LogP contribution is -2.05. The summed E-state index contributed by atoms with van der Waals surface area (Å²) < 4.78 is 11.1. The maximum Gasteiger partial charge on any atom is 0.137 e. The number of fused-ring (bicyclic) bond motifs is 3. The number of aryl methyl sites for hydroxylation is 2. The van der Waals surface area contributed by atoms with E-state index in [9.17, 15) is 0 Å². The second-order valence-corrected chi connectivity index (χ2v) is 12.4. The molecule has 7 rings (SSSR count). The van der Waals surface area contributed by atoms with Crippen molar-refractivity contribution in [3.63, 3.8) is 0 Å². The highest BCUT2D eigenvalue weighted by atomic mass is 16.5. The van der Waals surface area contributed by atoms with Crippen LogP contribution >= 0.6 is 0 Å². The van der Waals surface area contributed by atoms with E-state index < -0.39 is 0 Å². The second kappa shape index (κ2) is 12.3. The van der Waals surface area contributed by atoms with Crippen molar-refractivity contribution in [3.8, 4) is 34.1 Å². The fraction of sp³-hybridized carbons (Fsp3) is 0.220. The van der Waals surface area contributed by atoms with Gasteiger partial charge in [0.1, 0.15) is 17.3 Å². The normalized spacial score (nSPS) is 11.6. The molecule has 0 radical (unpaired) electrons. The summed E-state index contributed by atoms with van der Waals surface area (Å²) in [5.74, 6) is 2.80. The van der Waals surface area contributed by atoms with Crippen LogP contribution < -0.4 is 4.74 Å². The molecule has 3 heterocycles. The lowest BCUT2D eigenvalue weighted by molar-refractivity contribution is 0.481. The summed E-state index contributed by atoms with van der Waals surface area (Å²) in [5, 5.41) is 7.58. The highest BCUT2D eigenvalue weighted by Crippen LogP contribution is 2.37. The van der Waals surface area contributed by atoms with Crippen molar-refractivity contribution < 1.29 is 4.74 Å². The Hall–Kier alpha value is -5.16. The second-order valence-electron chi connectivity index (χ2n) is 12.4. The highest BCUT2D eigenvalue weighted by molar-refractivity contribution is 6.09. The number of hydrogen-bond acceptors (Lipinski definition) is 3. The summed E-state index contributed by atoms with van der Waals surface area (Å²) in [4.78, 5) is 4.75. The number of nitrogens with zero attached hydrogens (tertiary/aromatic N) is 4. The fourth-order valence-electron chi connectivity index (χ4n) is 6.53. The van der Waals surface area contributed by atoms with Gasteiger partial charge in [-0.05, 0) is 84.8 Å². The lowest BCUT2D eigenvalue weighted by atomic mass is 9.99. The van der Waals surface area contributed by atoms with Gasteiger partial charge in [-0.15, -0.1) is 0 Å². The van der Waals surface area contributed by atoms with E-state index in [2.05, 4.69) is 141 Å². The van der Waals surface area contributed by atoms with Gasteiger partial charge in [0.05, 0.1) is 28.1 Å². The number of hydrogen-bond donors (Lipinski definition) is 0. The smallest absolute Gasteiger partial charge is 0.137 e. The summed E-state index contributed by atoms with van der Waals surface area (Å²) in [6, 6.07) is 36.3. The number of para-hydroxylation sites is 1. The first-order valence-electron chi connectivity index (χ1n) is 16.4. The molecule has 3 aromatic heterocycles. The van der Waals surface area contributed by atoms with E-state index in [1.54, 1.807) is 0 Å². The van der Waals surface area contributed by atoms with E-state index in [1.165, 1.54) is 38.7 Å². The third-order valence-electron chi connectivity index (χ3n) is 8.77. The van der Waals surface area contributed by atoms with Gasteiger partial charge in [-0.25, -0.2) is 9.67 Å². The predicted octanol–water partition coefficient (Wildman–Crippen LogP) is 10.8. The zero-order valence-electron chi connectivity index (χ0n) is 27.3. The number of benzene rings is 4. The van der Waals surface area contributed by atoms with Crippen molar-refractivity contribution >= 4 is 21.8 Å². The standard InChI is InChI=1S/C41H40N4O/c1-6-13-38-41(29-14-9-8-10-15-29)36(7-2)43-45(38)31-23-30(27(3)4)24-33(25-31)46-32-18-19-35-34-16-11-12-17-37(34)44(39(35)26-32)40-22-28(5)20-21-42-40/h8-12,14-27H,6-7,13H2,1-5H3. The van der Waals surface area contributed by atoms with Crippen LogP contribution in [0.1, 0.15) is 62.5 Å². The van der Waals surface area contributed by atoms with Crippen molar-refractivity contribution in [3.05, 3.63) is 132 Å². The van der Waals surface area contributed by atoms with Gasteiger partial charge >= 0.3 is 0 Å². The first kappa shape index (κ1) is 29.5. The summed E-state index contributed by atoms with van der Waals surface area (Å²) in [6.45, 7) is 11.0. The lowest BCUT2D eigenvalue weighted by Gasteiger charge is -2.16. The molecule has 0 aliphatic rings. The summed E-state index contributed by atoms with van der Waals surface area (Å²) in [6.07, 6.45) is 4.71. The van der Waals surface area contributed by atoms with Gasteiger partial charge < -0.3 is 4.74 Å². The Kier molecular flexibility index (Phi) is 7.91. The fourth-order valence-corrected chi connectivity index (χ4v) is 6.53. The van der Waals surface area contributed by atoms with Crippen LogP contribution in [0.15, 0.2) is 109 Å². The predicted molar refractivity (Wildman–Crippen MR) is 190 cm³/mol. The first-order chi connectivity index (χ1) is 22.4. The molecule has 0 spiro atoms. The largest absolute Gasteiger partial charge is 0.457 e. The number of rotatable bonds is 9. The SMILES string of the molecule is CCCc1c(-c2ccccc2)c(CC)nn1-c1cc(Oc2ccc3c4ccccc4n(-c4cc(C)ccn4)c3c2)cc(C(C)C)c1. The molecule has 230 valence electrons. The first-order valence-corrected chi connectivity index (χ1v) is 16.4. The van der Waals surface area contributed by atoms with Crippen molar-refractivity contribution in [2.75, 3.05) is 0 Å². The Bertz CT molecular complexity index is 2170. The van der Waals surface area contributed by atoms with Crippen molar-refractivity contribution in [1.82, 2.24) is 19.3 Å². The van der Waals surface area contributed by atoms with E-state index in [1.807, 2.05) is 12.3 Å². The third kappa shape index (κ3) is 5.36. The quantitative estimate of drug-likeness (QED) is 0.165. The van der Waals surface area contributed by atoms with Gasteiger partial charge in [0.2, 0.25) is 0 Å². The van der Waals surface area contributed by atoms with Crippen LogP contribution in [0.2, 0.25) is 0 Å². The molecule has 0 unspecified atom stereocenters. The maximum atomic E-state index is 6.72. The molecule has 7 aromatic rings. The molecule has 0 atom stereocenters. The van der Waals surface area contributed by atoms with Gasteiger partial charge in [-0.2, -0.15) is 5.10 Å².